The van der Waals surface area contributed by atoms with Crippen molar-refractivity contribution in [1.82, 2.24) is 4.57 Å². The lowest BCUT2D eigenvalue weighted by Crippen LogP contribution is -1.94. The number of thiophene rings is 2. The predicted molar refractivity (Wildman–Crippen MR) is 207 cm³/mol. The van der Waals surface area contributed by atoms with E-state index in [1.54, 1.807) is 0 Å². The van der Waals surface area contributed by atoms with E-state index < -0.39 is 0 Å². The predicted octanol–water partition coefficient (Wildman–Crippen LogP) is 13.5. The molecule has 1 nitrogen and oxygen atoms in total. The number of fused-ring (bicyclic) bond motifs is 15. The van der Waals surface area contributed by atoms with Crippen LogP contribution in [0.5, 0.6) is 0 Å². The third kappa shape index (κ3) is 3.48. The van der Waals surface area contributed by atoms with Crippen molar-refractivity contribution < 1.29 is 0 Å². The van der Waals surface area contributed by atoms with Gasteiger partial charge >= 0.3 is 0 Å². The van der Waals surface area contributed by atoms with Gasteiger partial charge < -0.3 is 4.57 Å². The first-order valence-corrected chi connectivity index (χ1v) is 17.7. The summed E-state index contributed by atoms with van der Waals surface area (Å²) in [6, 6.07) is 56.1. The molecule has 3 heteroatoms. The highest BCUT2D eigenvalue weighted by molar-refractivity contribution is 7.27. The van der Waals surface area contributed by atoms with Gasteiger partial charge in [-0.05, 0) is 63.0 Å². The van der Waals surface area contributed by atoms with Crippen molar-refractivity contribution in [2.24, 2.45) is 0 Å². The summed E-state index contributed by atoms with van der Waals surface area (Å²) in [4.78, 5) is 0. The Bertz CT molecular complexity index is 3060. The van der Waals surface area contributed by atoms with Crippen LogP contribution in [0.15, 0.2) is 152 Å². The number of benzene rings is 8. The van der Waals surface area contributed by atoms with E-state index in [1.807, 2.05) is 22.7 Å². The first-order valence-electron chi connectivity index (χ1n) is 16.0. The normalized spacial score (nSPS) is 12.3. The standard InChI is InChI=1S/C44H25NS2/c1-2-11-29-26(10-1)22-25-35-39(29)41-34-14-5-8-19-38(34)47-44(41)42-40(35)33-13-3-6-17-36(33)45(42)28-23-20-27(21-24-28)30-15-9-16-32-31-12-4-7-18-37(31)46-43(30)32/h1-25H. The molecule has 0 unspecified atom stereocenters. The Morgan fingerprint density at radius 2 is 1.04 bits per heavy atom. The molecule has 0 bridgehead atoms. The Morgan fingerprint density at radius 1 is 0.383 bits per heavy atom. The molecule has 0 spiro atoms. The highest BCUT2D eigenvalue weighted by atomic mass is 32.1. The summed E-state index contributed by atoms with van der Waals surface area (Å²) in [5.74, 6) is 0. The zero-order valence-corrected chi connectivity index (χ0v) is 26.8. The minimum absolute atomic E-state index is 1.18. The molecule has 0 saturated heterocycles. The molecule has 0 N–H and O–H groups in total. The van der Waals surface area contributed by atoms with Crippen LogP contribution in [0.1, 0.15) is 0 Å². The topological polar surface area (TPSA) is 4.93 Å². The van der Waals surface area contributed by atoms with Crippen LogP contribution in [0.4, 0.5) is 0 Å². The SMILES string of the molecule is c1ccc2c(c1)ccc1c2c2c3ccccc3sc2c2c1c1ccccc1n2-c1ccc(-c2cccc3c2sc2ccccc23)cc1. The van der Waals surface area contributed by atoms with Crippen LogP contribution in [0.2, 0.25) is 0 Å². The zero-order valence-electron chi connectivity index (χ0n) is 25.2. The summed E-state index contributed by atoms with van der Waals surface area (Å²) in [5.41, 5.74) is 6.26. The molecule has 3 aromatic heterocycles. The number of rotatable bonds is 2. The molecular formula is C44H25NS2. The molecular weight excluding hydrogens is 607 g/mol. The molecule has 3 heterocycles. The van der Waals surface area contributed by atoms with Crippen LogP contribution in [-0.2, 0) is 0 Å². The second-order valence-electron chi connectivity index (χ2n) is 12.4. The average Bonchev–Trinajstić information content (AvgIpc) is 3.81. The van der Waals surface area contributed by atoms with Crippen LogP contribution in [0.25, 0.3) is 101 Å². The van der Waals surface area contributed by atoms with Gasteiger partial charge in [0.2, 0.25) is 0 Å². The first-order chi connectivity index (χ1) is 23.3. The summed E-state index contributed by atoms with van der Waals surface area (Å²) >= 11 is 3.81. The van der Waals surface area contributed by atoms with Gasteiger partial charge in [-0.25, -0.2) is 0 Å². The van der Waals surface area contributed by atoms with E-state index >= 15 is 0 Å². The highest BCUT2D eigenvalue weighted by Gasteiger charge is 2.23. The van der Waals surface area contributed by atoms with Gasteiger partial charge in [-0.1, -0.05) is 121 Å². The van der Waals surface area contributed by atoms with E-state index in [1.165, 1.54) is 101 Å². The minimum atomic E-state index is 1.18. The fraction of sp³-hybridized carbons (Fsp3) is 0. The van der Waals surface area contributed by atoms with Crippen molar-refractivity contribution >= 4 is 106 Å². The van der Waals surface area contributed by atoms with Crippen molar-refractivity contribution in [3.8, 4) is 16.8 Å². The van der Waals surface area contributed by atoms with Gasteiger partial charge in [0, 0.05) is 52.1 Å². The Balaban J connectivity index is 1.24. The van der Waals surface area contributed by atoms with Gasteiger partial charge in [-0.2, -0.15) is 0 Å². The number of nitrogens with zero attached hydrogens (tertiary/aromatic N) is 1. The molecule has 0 aliphatic rings. The number of hydrogen-bond donors (Lipinski definition) is 0. The Labute approximate surface area is 278 Å². The highest BCUT2D eigenvalue weighted by Crippen LogP contribution is 2.49. The molecule has 218 valence electrons. The fourth-order valence-electron chi connectivity index (χ4n) is 7.97. The lowest BCUT2D eigenvalue weighted by atomic mass is 9.94. The maximum atomic E-state index is 2.51. The molecule has 11 aromatic rings. The van der Waals surface area contributed by atoms with Gasteiger partial charge in [0.05, 0.1) is 15.7 Å². The van der Waals surface area contributed by atoms with Gasteiger partial charge in [-0.3, -0.25) is 0 Å². The Morgan fingerprint density at radius 3 is 1.89 bits per heavy atom. The van der Waals surface area contributed by atoms with Gasteiger partial charge in [0.25, 0.3) is 0 Å². The monoisotopic (exact) mass is 631 g/mol. The summed E-state index contributed by atoms with van der Waals surface area (Å²) in [5, 5.41) is 13.3. The van der Waals surface area contributed by atoms with E-state index in [0.29, 0.717) is 0 Å². The molecule has 0 amide bonds. The van der Waals surface area contributed by atoms with Crippen molar-refractivity contribution in [3.63, 3.8) is 0 Å². The third-order valence-electron chi connectivity index (χ3n) is 9.97. The number of para-hydroxylation sites is 1. The van der Waals surface area contributed by atoms with Crippen LogP contribution < -0.4 is 0 Å². The summed E-state index contributed by atoms with van der Waals surface area (Å²) in [7, 11) is 0. The maximum absolute atomic E-state index is 2.51. The zero-order chi connectivity index (χ0) is 30.6. The smallest absolute Gasteiger partial charge is 0.0726 e. The molecule has 0 atom stereocenters. The van der Waals surface area contributed by atoms with Gasteiger partial charge in [-0.15, -0.1) is 22.7 Å². The lowest BCUT2D eigenvalue weighted by molar-refractivity contribution is 1.19. The van der Waals surface area contributed by atoms with E-state index in [-0.39, 0.29) is 0 Å². The third-order valence-corrected chi connectivity index (χ3v) is 12.4. The minimum Gasteiger partial charge on any atom is -0.308 e. The van der Waals surface area contributed by atoms with E-state index in [2.05, 4.69) is 156 Å². The molecule has 47 heavy (non-hydrogen) atoms. The van der Waals surface area contributed by atoms with Crippen LogP contribution in [0, 0.1) is 0 Å². The average molecular weight is 632 g/mol. The Hall–Kier alpha value is -5.48. The maximum Gasteiger partial charge on any atom is 0.0726 e. The Kier molecular flexibility index (Phi) is 5.20. The van der Waals surface area contributed by atoms with Crippen molar-refractivity contribution in [2.75, 3.05) is 0 Å². The molecule has 8 aromatic carbocycles. The second kappa shape index (κ2) is 9.52. The van der Waals surface area contributed by atoms with Crippen LogP contribution in [-0.4, -0.2) is 4.57 Å². The number of hydrogen-bond acceptors (Lipinski definition) is 2. The molecule has 11 rings (SSSR count). The quantitative estimate of drug-likeness (QED) is 0.167. The van der Waals surface area contributed by atoms with Crippen LogP contribution in [0.3, 0.4) is 0 Å². The van der Waals surface area contributed by atoms with Gasteiger partial charge in [0.15, 0.2) is 0 Å². The van der Waals surface area contributed by atoms with Gasteiger partial charge in [0.1, 0.15) is 0 Å². The first kappa shape index (κ1) is 25.7. The van der Waals surface area contributed by atoms with E-state index in [0.717, 1.165) is 0 Å². The lowest BCUT2D eigenvalue weighted by Gasteiger charge is -2.12. The molecule has 0 aliphatic carbocycles. The van der Waals surface area contributed by atoms with E-state index in [9.17, 15) is 0 Å². The van der Waals surface area contributed by atoms with E-state index in [4.69, 9.17) is 0 Å². The summed E-state index contributed by atoms with van der Waals surface area (Å²) in [6.07, 6.45) is 0. The summed E-state index contributed by atoms with van der Waals surface area (Å²) < 4.78 is 7.88. The second-order valence-corrected chi connectivity index (χ2v) is 14.5. The van der Waals surface area contributed by atoms with Crippen molar-refractivity contribution in [1.29, 1.82) is 0 Å². The van der Waals surface area contributed by atoms with Crippen molar-refractivity contribution in [3.05, 3.63) is 152 Å². The molecule has 0 radical (unpaired) electrons. The molecule has 0 fully saturated rings. The van der Waals surface area contributed by atoms with Crippen molar-refractivity contribution in [2.45, 2.75) is 0 Å². The number of aromatic nitrogens is 1. The molecule has 0 aliphatic heterocycles. The largest absolute Gasteiger partial charge is 0.308 e. The molecule has 0 saturated carbocycles. The fourth-order valence-corrected chi connectivity index (χ4v) is 10.5. The summed E-state index contributed by atoms with van der Waals surface area (Å²) in [6.45, 7) is 0. The van der Waals surface area contributed by atoms with Crippen LogP contribution >= 0.6 is 22.7 Å².